The van der Waals surface area contributed by atoms with E-state index in [4.69, 9.17) is 9.84 Å². The van der Waals surface area contributed by atoms with Crippen molar-refractivity contribution in [3.05, 3.63) is 35.4 Å². The highest BCUT2D eigenvalue weighted by Gasteiger charge is 2.24. The van der Waals surface area contributed by atoms with Gasteiger partial charge in [-0.3, -0.25) is 0 Å². The molecular formula is C15H18O4. The molecule has 0 heterocycles. The van der Waals surface area contributed by atoms with E-state index in [9.17, 15) is 9.59 Å². The Kier molecular flexibility index (Phi) is 4.20. The van der Waals surface area contributed by atoms with Gasteiger partial charge in [-0.1, -0.05) is 25.5 Å². The van der Waals surface area contributed by atoms with Crippen LogP contribution in [-0.2, 0) is 4.74 Å². The molecule has 102 valence electrons. The number of carbonyl (C=O) groups excluding carboxylic acids is 1. The lowest BCUT2D eigenvalue weighted by atomic mass is 9.88. The summed E-state index contributed by atoms with van der Waals surface area (Å²) in [5.41, 5.74) is 0.129. The fourth-order valence-electron chi connectivity index (χ4n) is 2.55. The average molecular weight is 262 g/mol. The van der Waals surface area contributed by atoms with Gasteiger partial charge in [0, 0.05) is 0 Å². The SMILES string of the molecule is C[C@H]1CCC[C@@H](OC(=O)c2ccccc2C(=O)O)C1. The highest BCUT2D eigenvalue weighted by molar-refractivity contribution is 6.02. The highest BCUT2D eigenvalue weighted by atomic mass is 16.5. The predicted molar refractivity (Wildman–Crippen MR) is 70.2 cm³/mol. The van der Waals surface area contributed by atoms with Crippen molar-refractivity contribution in [3.63, 3.8) is 0 Å². The Morgan fingerprint density at radius 3 is 2.53 bits per heavy atom. The number of carbonyl (C=O) groups is 2. The molecule has 2 rings (SSSR count). The molecule has 0 bridgehead atoms. The third kappa shape index (κ3) is 3.34. The molecule has 4 nitrogen and oxygen atoms in total. The fourth-order valence-corrected chi connectivity index (χ4v) is 2.55. The fraction of sp³-hybridized carbons (Fsp3) is 0.467. The van der Waals surface area contributed by atoms with Crippen molar-refractivity contribution < 1.29 is 19.4 Å². The maximum absolute atomic E-state index is 12.1. The van der Waals surface area contributed by atoms with Gasteiger partial charge >= 0.3 is 11.9 Å². The minimum atomic E-state index is -1.11. The topological polar surface area (TPSA) is 63.6 Å². The zero-order valence-electron chi connectivity index (χ0n) is 11.0. The normalized spacial score (nSPS) is 22.8. The van der Waals surface area contributed by atoms with Gasteiger partial charge in [-0.25, -0.2) is 9.59 Å². The van der Waals surface area contributed by atoms with E-state index in [1.54, 1.807) is 12.1 Å². The lowest BCUT2D eigenvalue weighted by molar-refractivity contribution is 0.0151. The van der Waals surface area contributed by atoms with E-state index in [2.05, 4.69) is 6.92 Å². The Balaban J connectivity index is 2.09. The molecular weight excluding hydrogens is 244 g/mol. The summed E-state index contributed by atoms with van der Waals surface area (Å²) in [7, 11) is 0. The molecule has 1 aromatic carbocycles. The maximum atomic E-state index is 12.1. The summed E-state index contributed by atoms with van der Waals surface area (Å²) >= 11 is 0. The minimum Gasteiger partial charge on any atom is -0.478 e. The second kappa shape index (κ2) is 5.87. The number of carboxylic acid groups (broad SMARTS) is 1. The van der Waals surface area contributed by atoms with Crippen LogP contribution in [0, 0.1) is 5.92 Å². The molecule has 0 radical (unpaired) electrons. The van der Waals surface area contributed by atoms with E-state index in [1.165, 1.54) is 18.6 Å². The number of hydrogen-bond donors (Lipinski definition) is 1. The maximum Gasteiger partial charge on any atom is 0.339 e. The van der Waals surface area contributed by atoms with Crippen molar-refractivity contribution in [3.8, 4) is 0 Å². The van der Waals surface area contributed by atoms with Crippen LogP contribution in [-0.4, -0.2) is 23.1 Å². The first kappa shape index (κ1) is 13.6. The minimum absolute atomic E-state index is 0.00337. The van der Waals surface area contributed by atoms with Crippen LogP contribution in [0.4, 0.5) is 0 Å². The second-order valence-electron chi connectivity index (χ2n) is 5.15. The molecule has 4 heteroatoms. The molecule has 19 heavy (non-hydrogen) atoms. The van der Waals surface area contributed by atoms with Crippen molar-refractivity contribution in [2.75, 3.05) is 0 Å². The predicted octanol–water partition coefficient (Wildman–Crippen LogP) is 3.12. The summed E-state index contributed by atoms with van der Waals surface area (Å²) < 4.78 is 5.44. The molecule has 1 fully saturated rings. The molecule has 0 spiro atoms. The van der Waals surface area contributed by atoms with Gasteiger partial charge in [-0.05, 0) is 37.3 Å². The molecule has 0 aliphatic heterocycles. The van der Waals surface area contributed by atoms with Gasteiger partial charge in [0.15, 0.2) is 0 Å². The lowest BCUT2D eigenvalue weighted by Gasteiger charge is -2.26. The van der Waals surface area contributed by atoms with E-state index in [1.807, 2.05) is 0 Å². The molecule has 0 aromatic heterocycles. The number of benzene rings is 1. The van der Waals surface area contributed by atoms with Gasteiger partial charge < -0.3 is 9.84 Å². The summed E-state index contributed by atoms with van der Waals surface area (Å²) in [6.45, 7) is 2.14. The van der Waals surface area contributed by atoms with Gasteiger partial charge in [-0.2, -0.15) is 0 Å². The molecule has 1 aliphatic carbocycles. The van der Waals surface area contributed by atoms with Crippen LogP contribution in [0.15, 0.2) is 24.3 Å². The molecule has 0 saturated heterocycles. The quantitative estimate of drug-likeness (QED) is 0.850. The van der Waals surface area contributed by atoms with Crippen molar-refractivity contribution >= 4 is 11.9 Å². The van der Waals surface area contributed by atoms with Gasteiger partial charge in [0.2, 0.25) is 0 Å². The monoisotopic (exact) mass is 262 g/mol. The summed E-state index contributed by atoms with van der Waals surface area (Å²) in [6.07, 6.45) is 3.87. The Hall–Kier alpha value is -1.84. The smallest absolute Gasteiger partial charge is 0.339 e. The van der Waals surface area contributed by atoms with Crippen molar-refractivity contribution in [1.29, 1.82) is 0 Å². The number of aromatic carboxylic acids is 1. The van der Waals surface area contributed by atoms with Crippen LogP contribution in [0.3, 0.4) is 0 Å². The van der Waals surface area contributed by atoms with Crippen LogP contribution in [0.25, 0.3) is 0 Å². The molecule has 1 aromatic rings. The average Bonchev–Trinajstić information content (AvgIpc) is 2.38. The Morgan fingerprint density at radius 1 is 1.21 bits per heavy atom. The van der Waals surface area contributed by atoms with Crippen LogP contribution >= 0.6 is 0 Å². The van der Waals surface area contributed by atoms with Crippen molar-refractivity contribution in [1.82, 2.24) is 0 Å². The van der Waals surface area contributed by atoms with E-state index in [-0.39, 0.29) is 17.2 Å². The number of carboxylic acids is 1. The van der Waals surface area contributed by atoms with Crippen molar-refractivity contribution in [2.45, 2.75) is 38.7 Å². The standard InChI is InChI=1S/C15H18O4/c1-10-5-4-6-11(9-10)19-15(18)13-8-3-2-7-12(13)14(16)17/h2-3,7-8,10-11H,4-6,9H2,1H3,(H,16,17)/t10-,11+/m0/s1. The van der Waals surface area contributed by atoms with Gasteiger partial charge in [0.1, 0.15) is 6.10 Å². The summed E-state index contributed by atoms with van der Waals surface area (Å²) in [4.78, 5) is 23.1. The first-order valence-electron chi connectivity index (χ1n) is 6.61. The second-order valence-corrected chi connectivity index (χ2v) is 5.15. The summed E-state index contributed by atoms with van der Waals surface area (Å²) in [5.74, 6) is -1.08. The third-order valence-corrected chi connectivity index (χ3v) is 3.54. The van der Waals surface area contributed by atoms with E-state index < -0.39 is 11.9 Å². The van der Waals surface area contributed by atoms with Gasteiger partial charge in [0.25, 0.3) is 0 Å². The highest BCUT2D eigenvalue weighted by Crippen LogP contribution is 2.26. The van der Waals surface area contributed by atoms with Crippen molar-refractivity contribution in [2.24, 2.45) is 5.92 Å². The molecule has 0 amide bonds. The third-order valence-electron chi connectivity index (χ3n) is 3.54. The van der Waals surface area contributed by atoms with Crippen LogP contribution in [0.5, 0.6) is 0 Å². The first-order chi connectivity index (χ1) is 9.08. The number of hydrogen-bond acceptors (Lipinski definition) is 3. The molecule has 1 aliphatic rings. The van der Waals surface area contributed by atoms with Gasteiger partial charge in [-0.15, -0.1) is 0 Å². The molecule has 0 unspecified atom stereocenters. The van der Waals surface area contributed by atoms with Crippen LogP contribution in [0.1, 0.15) is 53.3 Å². The Bertz CT molecular complexity index is 481. The van der Waals surface area contributed by atoms with Gasteiger partial charge in [0.05, 0.1) is 11.1 Å². The number of rotatable bonds is 3. The van der Waals surface area contributed by atoms with Crippen LogP contribution < -0.4 is 0 Å². The Labute approximate surface area is 112 Å². The molecule has 2 atom stereocenters. The van der Waals surface area contributed by atoms with E-state index in [0.717, 1.165) is 19.3 Å². The zero-order valence-corrected chi connectivity index (χ0v) is 11.0. The van der Waals surface area contributed by atoms with E-state index in [0.29, 0.717) is 5.92 Å². The largest absolute Gasteiger partial charge is 0.478 e. The zero-order chi connectivity index (χ0) is 13.8. The summed E-state index contributed by atoms with van der Waals surface area (Å²) in [6, 6.07) is 6.16. The first-order valence-corrected chi connectivity index (χ1v) is 6.61. The number of esters is 1. The molecule has 1 saturated carbocycles. The Morgan fingerprint density at radius 2 is 1.89 bits per heavy atom. The van der Waals surface area contributed by atoms with E-state index >= 15 is 0 Å². The molecule has 1 N–H and O–H groups in total. The number of ether oxygens (including phenoxy) is 1. The summed E-state index contributed by atoms with van der Waals surface area (Å²) in [5, 5.41) is 9.05. The lowest BCUT2D eigenvalue weighted by Crippen LogP contribution is -2.25. The van der Waals surface area contributed by atoms with Crippen LogP contribution in [0.2, 0.25) is 0 Å².